The minimum Gasteiger partial charge on any atom is -0.305 e. The van der Waals surface area contributed by atoms with E-state index in [1.165, 1.54) is 5.56 Å². The van der Waals surface area contributed by atoms with Gasteiger partial charge in [0.1, 0.15) is 12.5 Å². The molecule has 0 aromatic carbocycles. The van der Waals surface area contributed by atoms with Crippen molar-refractivity contribution in [3.63, 3.8) is 0 Å². The van der Waals surface area contributed by atoms with Crippen LogP contribution in [0.3, 0.4) is 0 Å². The lowest BCUT2D eigenvalue weighted by Gasteiger charge is -2.17. The summed E-state index contributed by atoms with van der Waals surface area (Å²) in [6.07, 6.45) is 0. The molecule has 0 saturated heterocycles. The van der Waals surface area contributed by atoms with E-state index in [-0.39, 0.29) is 12.7 Å². The third-order valence-corrected chi connectivity index (χ3v) is 2.85. The van der Waals surface area contributed by atoms with Gasteiger partial charge in [-0.25, -0.2) is 14.4 Å². The normalized spacial score (nSPS) is 13.1. The molecule has 0 aliphatic carbocycles. The molecule has 1 rings (SSSR count). The highest BCUT2D eigenvalue weighted by molar-refractivity contribution is 5.27. The molecule has 1 aromatic rings. The number of nitrogens with zero attached hydrogens (tertiary/aromatic N) is 2. The van der Waals surface area contributed by atoms with Gasteiger partial charge in [0.05, 0.1) is 6.04 Å². The van der Waals surface area contributed by atoms with Crippen molar-refractivity contribution in [2.24, 2.45) is 0 Å². The van der Waals surface area contributed by atoms with E-state index in [0.717, 1.165) is 17.2 Å². The minimum absolute atomic E-state index is 0.00985. The van der Waals surface area contributed by atoms with Crippen LogP contribution in [0.15, 0.2) is 0 Å². The van der Waals surface area contributed by atoms with Crippen LogP contribution in [0, 0.1) is 13.8 Å². The molecule has 1 atom stereocenters. The van der Waals surface area contributed by atoms with Crippen LogP contribution in [-0.2, 0) is 0 Å². The Bertz CT molecular complexity index is 354. The van der Waals surface area contributed by atoms with E-state index >= 15 is 0 Å². The van der Waals surface area contributed by atoms with Crippen molar-refractivity contribution in [1.82, 2.24) is 15.3 Å². The Balaban J connectivity index is 2.97. The van der Waals surface area contributed by atoms with E-state index in [1.807, 2.05) is 20.8 Å². The van der Waals surface area contributed by atoms with E-state index in [4.69, 9.17) is 0 Å². The Labute approximate surface area is 103 Å². The SMILES string of the molecule is Cc1nc([C@H](C)NCCF)nc(C)c1C(C)C. The van der Waals surface area contributed by atoms with Crippen LogP contribution < -0.4 is 5.32 Å². The zero-order chi connectivity index (χ0) is 13.0. The maximum atomic E-state index is 12.1. The molecule has 0 radical (unpaired) electrons. The molecule has 96 valence electrons. The molecule has 0 fully saturated rings. The van der Waals surface area contributed by atoms with Gasteiger partial charge < -0.3 is 5.32 Å². The van der Waals surface area contributed by atoms with Gasteiger partial charge >= 0.3 is 0 Å². The monoisotopic (exact) mass is 239 g/mol. The number of hydrogen-bond acceptors (Lipinski definition) is 3. The molecule has 1 N–H and O–H groups in total. The number of halogens is 1. The summed E-state index contributed by atoms with van der Waals surface area (Å²) in [7, 11) is 0. The molecule has 4 heteroatoms. The van der Waals surface area contributed by atoms with Gasteiger partial charge in [0, 0.05) is 17.9 Å². The summed E-state index contributed by atoms with van der Waals surface area (Å²) in [6.45, 7) is 10.2. The van der Waals surface area contributed by atoms with Crippen molar-refractivity contribution in [2.75, 3.05) is 13.2 Å². The first kappa shape index (κ1) is 14.0. The topological polar surface area (TPSA) is 37.8 Å². The van der Waals surface area contributed by atoms with Crippen molar-refractivity contribution >= 4 is 0 Å². The zero-order valence-electron chi connectivity index (χ0n) is 11.3. The number of nitrogens with one attached hydrogen (secondary N) is 1. The molecule has 0 bridgehead atoms. The van der Waals surface area contributed by atoms with E-state index in [2.05, 4.69) is 29.1 Å². The summed E-state index contributed by atoms with van der Waals surface area (Å²) < 4.78 is 12.1. The molecule has 1 aromatic heterocycles. The van der Waals surface area contributed by atoms with Gasteiger partial charge in [0.2, 0.25) is 0 Å². The molecule has 3 nitrogen and oxygen atoms in total. The van der Waals surface area contributed by atoms with Crippen LogP contribution in [0.2, 0.25) is 0 Å². The summed E-state index contributed by atoms with van der Waals surface area (Å²) in [5.74, 6) is 1.18. The van der Waals surface area contributed by atoms with Crippen LogP contribution >= 0.6 is 0 Å². The van der Waals surface area contributed by atoms with Crippen molar-refractivity contribution in [2.45, 2.75) is 46.6 Å². The fourth-order valence-electron chi connectivity index (χ4n) is 2.14. The predicted molar refractivity (Wildman–Crippen MR) is 68.0 cm³/mol. The third kappa shape index (κ3) is 3.46. The fourth-order valence-corrected chi connectivity index (χ4v) is 2.14. The molecular formula is C13H22FN3. The molecule has 0 aliphatic rings. The lowest BCUT2D eigenvalue weighted by atomic mass is 10.00. The summed E-state index contributed by atoms with van der Waals surface area (Å²) in [4.78, 5) is 9.02. The second-order valence-corrected chi connectivity index (χ2v) is 4.69. The maximum Gasteiger partial charge on any atom is 0.145 e. The highest BCUT2D eigenvalue weighted by Gasteiger charge is 2.14. The largest absolute Gasteiger partial charge is 0.305 e. The predicted octanol–water partition coefficient (Wildman–Crippen LogP) is 2.84. The molecule has 0 aliphatic heterocycles. The third-order valence-electron chi connectivity index (χ3n) is 2.85. The number of aryl methyl sites for hydroxylation is 2. The number of alkyl halides is 1. The number of rotatable bonds is 5. The van der Waals surface area contributed by atoms with Gasteiger partial charge in [-0.3, -0.25) is 0 Å². The lowest BCUT2D eigenvalue weighted by molar-refractivity contribution is 0.437. The lowest BCUT2D eigenvalue weighted by Crippen LogP contribution is -2.24. The van der Waals surface area contributed by atoms with Gasteiger partial charge in [0.15, 0.2) is 0 Å². The highest BCUT2D eigenvalue weighted by atomic mass is 19.1. The van der Waals surface area contributed by atoms with Gasteiger partial charge in [-0.05, 0) is 32.3 Å². The van der Waals surface area contributed by atoms with E-state index in [1.54, 1.807) is 0 Å². The Morgan fingerprint density at radius 3 is 2.06 bits per heavy atom. The van der Waals surface area contributed by atoms with Crippen LogP contribution in [0.4, 0.5) is 4.39 Å². The summed E-state index contributed by atoms with van der Waals surface area (Å²) in [5, 5.41) is 3.05. The van der Waals surface area contributed by atoms with Crippen LogP contribution in [0.25, 0.3) is 0 Å². The first-order valence-corrected chi connectivity index (χ1v) is 6.11. The second-order valence-electron chi connectivity index (χ2n) is 4.69. The molecule has 17 heavy (non-hydrogen) atoms. The highest BCUT2D eigenvalue weighted by Crippen LogP contribution is 2.21. The summed E-state index contributed by atoms with van der Waals surface area (Å²) in [6, 6.07) is -0.00985. The Kier molecular flexibility index (Phi) is 5.00. The molecular weight excluding hydrogens is 217 g/mol. The van der Waals surface area contributed by atoms with E-state index in [9.17, 15) is 4.39 Å². The van der Waals surface area contributed by atoms with Gasteiger partial charge in [-0.2, -0.15) is 0 Å². The van der Waals surface area contributed by atoms with Crippen molar-refractivity contribution < 1.29 is 4.39 Å². The molecule has 0 spiro atoms. The molecule has 1 heterocycles. The summed E-state index contributed by atoms with van der Waals surface area (Å²) in [5.41, 5.74) is 3.26. The first-order chi connectivity index (χ1) is 7.97. The maximum absolute atomic E-state index is 12.1. The van der Waals surface area contributed by atoms with E-state index in [0.29, 0.717) is 12.5 Å². The van der Waals surface area contributed by atoms with Crippen molar-refractivity contribution in [3.8, 4) is 0 Å². The quantitative estimate of drug-likeness (QED) is 0.858. The molecule has 0 saturated carbocycles. The van der Waals surface area contributed by atoms with Gasteiger partial charge in [-0.15, -0.1) is 0 Å². The fraction of sp³-hybridized carbons (Fsp3) is 0.692. The Hall–Kier alpha value is -1.03. The first-order valence-electron chi connectivity index (χ1n) is 6.11. The Morgan fingerprint density at radius 1 is 1.12 bits per heavy atom. The van der Waals surface area contributed by atoms with Gasteiger partial charge in [0.25, 0.3) is 0 Å². The number of hydrogen-bond donors (Lipinski definition) is 1. The standard InChI is InChI=1S/C13H22FN3/c1-8(2)12-9(3)16-13(17-10(12)4)11(5)15-7-6-14/h8,11,15H,6-7H2,1-5H3/t11-/m0/s1. The molecule has 0 unspecified atom stereocenters. The van der Waals surface area contributed by atoms with Gasteiger partial charge in [-0.1, -0.05) is 13.8 Å². The van der Waals surface area contributed by atoms with Crippen molar-refractivity contribution in [1.29, 1.82) is 0 Å². The smallest absolute Gasteiger partial charge is 0.145 e. The summed E-state index contributed by atoms with van der Waals surface area (Å²) >= 11 is 0. The second kappa shape index (κ2) is 6.05. The van der Waals surface area contributed by atoms with Crippen molar-refractivity contribution in [3.05, 3.63) is 22.8 Å². The van der Waals surface area contributed by atoms with E-state index < -0.39 is 0 Å². The van der Waals surface area contributed by atoms with Crippen LogP contribution in [-0.4, -0.2) is 23.2 Å². The zero-order valence-corrected chi connectivity index (χ0v) is 11.3. The van der Waals surface area contributed by atoms with Crippen LogP contribution in [0.5, 0.6) is 0 Å². The van der Waals surface area contributed by atoms with Crippen LogP contribution in [0.1, 0.15) is 55.5 Å². The average Bonchev–Trinajstić information content (AvgIpc) is 2.24. The molecule has 0 amide bonds. The Morgan fingerprint density at radius 2 is 1.65 bits per heavy atom. The minimum atomic E-state index is -0.369. The average molecular weight is 239 g/mol. The number of aromatic nitrogens is 2.